The second-order valence-electron chi connectivity index (χ2n) is 6.42. The summed E-state index contributed by atoms with van der Waals surface area (Å²) in [6, 6.07) is 0. The van der Waals surface area contributed by atoms with Crippen molar-refractivity contribution in [3.05, 3.63) is 15.9 Å². The lowest BCUT2D eigenvalue weighted by Gasteiger charge is -2.35. The van der Waals surface area contributed by atoms with E-state index in [1.807, 2.05) is 0 Å². The first kappa shape index (κ1) is 16.0. The Hall–Kier alpha value is -0.350. The molecule has 4 heteroatoms. The van der Waals surface area contributed by atoms with Gasteiger partial charge in [-0.3, -0.25) is 4.68 Å². The third-order valence-electron chi connectivity index (χ3n) is 4.78. The summed E-state index contributed by atoms with van der Waals surface area (Å²) in [7, 11) is 2.07. The molecule has 2 rings (SSSR count). The van der Waals surface area contributed by atoms with E-state index in [4.69, 9.17) is 0 Å². The van der Waals surface area contributed by atoms with Gasteiger partial charge in [0, 0.05) is 7.05 Å². The molecule has 0 aliphatic heterocycles. The van der Waals surface area contributed by atoms with Gasteiger partial charge in [0.1, 0.15) is 0 Å². The van der Waals surface area contributed by atoms with Gasteiger partial charge < -0.3 is 5.32 Å². The van der Waals surface area contributed by atoms with Crippen LogP contribution in [0.1, 0.15) is 44.5 Å². The van der Waals surface area contributed by atoms with Gasteiger partial charge in [-0.1, -0.05) is 20.3 Å². The van der Waals surface area contributed by atoms with Crippen molar-refractivity contribution in [2.24, 2.45) is 24.8 Å². The predicted octanol–water partition coefficient (Wildman–Crippen LogP) is 3.70. The fourth-order valence-corrected chi connectivity index (χ4v) is 4.06. The number of aromatic nitrogens is 2. The number of halogens is 1. The van der Waals surface area contributed by atoms with Crippen LogP contribution in [0.4, 0.5) is 0 Å². The van der Waals surface area contributed by atoms with Gasteiger partial charge in [0.05, 0.1) is 15.9 Å². The lowest BCUT2D eigenvalue weighted by Crippen LogP contribution is -2.34. The van der Waals surface area contributed by atoms with E-state index in [1.165, 1.54) is 36.0 Å². The standard InChI is InChI=1S/C16H28BrN3/c1-5-18-10-13-7-6-11(2)8-14(13)9-15-16(17)12(3)19-20(15)4/h11,13-14,18H,5-10H2,1-4H3. The Balaban J connectivity index is 2.10. The minimum absolute atomic E-state index is 0.781. The van der Waals surface area contributed by atoms with Crippen LogP contribution in [0.15, 0.2) is 4.47 Å². The van der Waals surface area contributed by atoms with E-state index in [1.54, 1.807) is 0 Å². The third kappa shape index (κ3) is 3.64. The van der Waals surface area contributed by atoms with Crippen molar-refractivity contribution in [2.75, 3.05) is 13.1 Å². The predicted molar refractivity (Wildman–Crippen MR) is 87.9 cm³/mol. The molecular formula is C16H28BrN3. The molecule has 1 N–H and O–H groups in total. The Morgan fingerprint density at radius 3 is 2.70 bits per heavy atom. The second-order valence-corrected chi connectivity index (χ2v) is 7.21. The molecule has 0 spiro atoms. The van der Waals surface area contributed by atoms with Crippen LogP contribution in [0, 0.1) is 24.7 Å². The topological polar surface area (TPSA) is 29.9 Å². The molecule has 0 aromatic carbocycles. The summed E-state index contributed by atoms with van der Waals surface area (Å²) in [6.07, 6.45) is 5.26. The molecule has 1 aliphatic rings. The van der Waals surface area contributed by atoms with Crippen LogP contribution in [-0.2, 0) is 13.5 Å². The molecule has 3 atom stereocenters. The zero-order valence-corrected chi connectivity index (χ0v) is 14.8. The van der Waals surface area contributed by atoms with Gasteiger partial charge in [0.25, 0.3) is 0 Å². The highest BCUT2D eigenvalue weighted by Crippen LogP contribution is 2.37. The van der Waals surface area contributed by atoms with Crippen molar-refractivity contribution in [1.82, 2.24) is 15.1 Å². The summed E-state index contributed by atoms with van der Waals surface area (Å²) < 4.78 is 3.27. The van der Waals surface area contributed by atoms with Gasteiger partial charge in [-0.25, -0.2) is 0 Å². The molecule has 0 amide bonds. The fraction of sp³-hybridized carbons (Fsp3) is 0.812. The molecular weight excluding hydrogens is 314 g/mol. The van der Waals surface area contributed by atoms with Crippen LogP contribution in [-0.4, -0.2) is 22.9 Å². The number of hydrogen-bond donors (Lipinski definition) is 1. The molecule has 0 radical (unpaired) electrons. The quantitative estimate of drug-likeness (QED) is 0.884. The molecule has 1 heterocycles. The molecule has 3 nitrogen and oxygen atoms in total. The fourth-order valence-electron chi connectivity index (χ4n) is 3.56. The highest BCUT2D eigenvalue weighted by Gasteiger charge is 2.30. The third-order valence-corrected chi connectivity index (χ3v) is 5.81. The monoisotopic (exact) mass is 341 g/mol. The summed E-state index contributed by atoms with van der Waals surface area (Å²) in [4.78, 5) is 0. The zero-order valence-electron chi connectivity index (χ0n) is 13.2. The first-order valence-corrected chi connectivity index (χ1v) is 8.70. The van der Waals surface area contributed by atoms with Crippen molar-refractivity contribution in [3.63, 3.8) is 0 Å². The Bertz CT molecular complexity index is 439. The van der Waals surface area contributed by atoms with Crippen molar-refractivity contribution < 1.29 is 0 Å². The Morgan fingerprint density at radius 1 is 1.35 bits per heavy atom. The second kappa shape index (κ2) is 7.08. The molecule has 3 unspecified atom stereocenters. The van der Waals surface area contributed by atoms with E-state index in [2.05, 4.69) is 58.8 Å². The molecule has 1 saturated carbocycles. The Kier molecular flexibility index (Phi) is 5.67. The lowest BCUT2D eigenvalue weighted by molar-refractivity contribution is 0.182. The zero-order chi connectivity index (χ0) is 14.7. The molecule has 1 aromatic heterocycles. The van der Waals surface area contributed by atoms with E-state index in [9.17, 15) is 0 Å². The van der Waals surface area contributed by atoms with Crippen LogP contribution in [0.25, 0.3) is 0 Å². The van der Waals surface area contributed by atoms with E-state index in [-0.39, 0.29) is 0 Å². The Labute approximate surface area is 131 Å². The highest BCUT2D eigenvalue weighted by molar-refractivity contribution is 9.10. The summed E-state index contributed by atoms with van der Waals surface area (Å²) in [6.45, 7) is 8.92. The molecule has 1 aliphatic carbocycles. The number of nitrogens with one attached hydrogen (secondary N) is 1. The summed E-state index contributed by atoms with van der Waals surface area (Å²) >= 11 is 3.72. The first-order chi connectivity index (χ1) is 9.52. The van der Waals surface area contributed by atoms with Crippen molar-refractivity contribution in [3.8, 4) is 0 Å². The van der Waals surface area contributed by atoms with Gasteiger partial charge in [-0.05, 0) is 73.0 Å². The summed E-state index contributed by atoms with van der Waals surface area (Å²) in [5, 5.41) is 8.09. The molecule has 0 saturated heterocycles. The van der Waals surface area contributed by atoms with Crippen LogP contribution in [0.2, 0.25) is 0 Å². The maximum atomic E-state index is 4.54. The smallest absolute Gasteiger partial charge is 0.0738 e. The van der Waals surface area contributed by atoms with Crippen molar-refractivity contribution >= 4 is 15.9 Å². The van der Waals surface area contributed by atoms with Crippen LogP contribution >= 0.6 is 15.9 Å². The van der Waals surface area contributed by atoms with Gasteiger partial charge in [0.2, 0.25) is 0 Å². The van der Waals surface area contributed by atoms with Crippen molar-refractivity contribution in [2.45, 2.75) is 46.5 Å². The minimum atomic E-state index is 0.781. The molecule has 1 fully saturated rings. The summed E-state index contributed by atoms with van der Waals surface area (Å²) in [5.74, 6) is 2.46. The average Bonchev–Trinajstić information content (AvgIpc) is 2.64. The van der Waals surface area contributed by atoms with Gasteiger partial charge >= 0.3 is 0 Å². The van der Waals surface area contributed by atoms with Gasteiger partial charge in [0.15, 0.2) is 0 Å². The van der Waals surface area contributed by atoms with Crippen LogP contribution in [0.3, 0.4) is 0 Å². The maximum absolute atomic E-state index is 4.54. The van der Waals surface area contributed by atoms with E-state index in [0.29, 0.717) is 0 Å². The van der Waals surface area contributed by atoms with Gasteiger partial charge in [-0.15, -0.1) is 0 Å². The molecule has 1 aromatic rings. The minimum Gasteiger partial charge on any atom is -0.317 e. The summed E-state index contributed by atoms with van der Waals surface area (Å²) in [5.41, 5.74) is 2.47. The van der Waals surface area contributed by atoms with Crippen LogP contribution in [0.5, 0.6) is 0 Å². The normalized spacial score (nSPS) is 26.9. The Morgan fingerprint density at radius 2 is 2.10 bits per heavy atom. The maximum Gasteiger partial charge on any atom is 0.0738 e. The molecule has 20 heavy (non-hydrogen) atoms. The average molecular weight is 342 g/mol. The molecule has 114 valence electrons. The van der Waals surface area contributed by atoms with E-state index < -0.39 is 0 Å². The number of rotatable bonds is 5. The van der Waals surface area contributed by atoms with Gasteiger partial charge in [-0.2, -0.15) is 5.10 Å². The van der Waals surface area contributed by atoms with E-state index >= 15 is 0 Å². The highest BCUT2D eigenvalue weighted by atomic mass is 79.9. The number of nitrogens with zero attached hydrogens (tertiary/aromatic N) is 2. The number of aryl methyl sites for hydroxylation is 2. The van der Waals surface area contributed by atoms with Crippen LogP contribution < -0.4 is 5.32 Å². The molecule has 0 bridgehead atoms. The van der Waals surface area contributed by atoms with Crippen molar-refractivity contribution in [1.29, 1.82) is 0 Å². The van der Waals surface area contributed by atoms with E-state index in [0.717, 1.165) is 36.4 Å². The first-order valence-electron chi connectivity index (χ1n) is 7.91. The SMILES string of the molecule is CCNCC1CCC(C)CC1Cc1c(Br)c(C)nn1C. The lowest BCUT2D eigenvalue weighted by atomic mass is 9.72. The largest absolute Gasteiger partial charge is 0.317 e. The number of hydrogen-bond acceptors (Lipinski definition) is 2.